The number of nitrogens with two attached hydrogens (primary N) is 1. The Balaban J connectivity index is 2.28. The van der Waals surface area contributed by atoms with Gasteiger partial charge in [0.15, 0.2) is 9.84 Å². The zero-order valence-corrected chi connectivity index (χ0v) is 14.1. The smallest absolute Gasteiger partial charge is 0.251 e. The molecule has 22 heavy (non-hydrogen) atoms. The van der Waals surface area contributed by atoms with Gasteiger partial charge in [-0.05, 0) is 31.2 Å². The van der Waals surface area contributed by atoms with E-state index in [2.05, 4.69) is 5.32 Å². The molecule has 1 aliphatic rings. The summed E-state index contributed by atoms with van der Waals surface area (Å²) in [7, 11) is -3.40. The van der Waals surface area contributed by atoms with Crippen LogP contribution in [0.5, 0.6) is 0 Å². The standard InChI is InChI=1S/C14H20N2O4S2/c1-2-22(19,20)8-11(17)16-14-12(13(15)18)9-6-4-3-5-7-10(9)21-14/h2-8H2,1H3,(H2,15,18)(H,16,17). The van der Waals surface area contributed by atoms with Crippen molar-refractivity contribution < 1.29 is 18.0 Å². The minimum atomic E-state index is -3.40. The number of hydrogen-bond acceptors (Lipinski definition) is 5. The highest BCUT2D eigenvalue weighted by Gasteiger charge is 2.25. The van der Waals surface area contributed by atoms with E-state index in [1.54, 1.807) is 0 Å². The van der Waals surface area contributed by atoms with Gasteiger partial charge in [0.1, 0.15) is 10.8 Å². The number of rotatable bonds is 5. The molecule has 1 aromatic heterocycles. The van der Waals surface area contributed by atoms with Crippen LogP contribution in [0.3, 0.4) is 0 Å². The summed E-state index contributed by atoms with van der Waals surface area (Å²) in [6, 6.07) is 0. The predicted molar refractivity (Wildman–Crippen MR) is 87.1 cm³/mol. The first-order chi connectivity index (χ1) is 10.3. The molecule has 2 amide bonds. The van der Waals surface area contributed by atoms with Crippen molar-refractivity contribution in [3.05, 3.63) is 16.0 Å². The topological polar surface area (TPSA) is 106 Å². The lowest BCUT2D eigenvalue weighted by Gasteiger charge is -2.06. The lowest BCUT2D eigenvalue weighted by molar-refractivity contribution is -0.113. The molecule has 6 nitrogen and oxygen atoms in total. The molecule has 1 heterocycles. The fraction of sp³-hybridized carbons (Fsp3) is 0.571. The van der Waals surface area contributed by atoms with Crippen molar-refractivity contribution in [1.82, 2.24) is 0 Å². The number of hydrogen-bond donors (Lipinski definition) is 2. The van der Waals surface area contributed by atoms with Crippen LogP contribution < -0.4 is 11.1 Å². The molecule has 1 aromatic rings. The van der Waals surface area contributed by atoms with E-state index in [9.17, 15) is 18.0 Å². The summed E-state index contributed by atoms with van der Waals surface area (Å²) in [4.78, 5) is 24.7. The van der Waals surface area contributed by atoms with Gasteiger partial charge >= 0.3 is 0 Å². The van der Waals surface area contributed by atoms with E-state index in [4.69, 9.17) is 5.73 Å². The number of nitrogens with one attached hydrogen (secondary N) is 1. The molecule has 8 heteroatoms. The Bertz CT molecular complexity index is 692. The summed E-state index contributed by atoms with van der Waals surface area (Å²) in [5.74, 6) is -1.87. The maximum absolute atomic E-state index is 11.9. The van der Waals surface area contributed by atoms with Crippen molar-refractivity contribution in [2.75, 3.05) is 16.8 Å². The van der Waals surface area contributed by atoms with E-state index in [-0.39, 0.29) is 5.75 Å². The van der Waals surface area contributed by atoms with Crippen LogP contribution in [0.1, 0.15) is 47.0 Å². The minimum Gasteiger partial charge on any atom is -0.365 e. The van der Waals surface area contributed by atoms with Gasteiger partial charge in [0.25, 0.3) is 5.91 Å². The lowest BCUT2D eigenvalue weighted by atomic mass is 10.1. The van der Waals surface area contributed by atoms with Gasteiger partial charge in [-0.2, -0.15) is 0 Å². The minimum absolute atomic E-state index is 0.0932. The van der Waals surface area contributed by atoms with Crippen LogP contribution in [-0.4, -0.2) is 31.7 Å². The van der Waals surface area contributed by atoms with Crippen LogP contribution in [0, 0.1) is 0 Å². The van der Waals surface area contributed by atoms with Gasteiger partial charge in [-0.1, -0.05) is 13.3 Å². The van der Waals surface area contributed by atoms with Crippen LogP contribution in [0.4, 0.5) is 5.00 Å². The molecule has 0 radical (unpaired) electrons. The molecule has 1 aliphatic carbocycles. The number of primary amides is 1. The van der Waals surface area contributed by atoms with Crippen molar-refractivity contribution in [2.45, 2.75) is 39.0 Å². The molecule has 0 aromatic carbocycles. The number of amides is 2. The summed E-state index contributed by atoms with van der Waals surface area (Å²) in [5.41, 5.74) is 6.73. The zero-order valence-electron chi connectivity index (χ0n) is 12.5. The third-order valence-electron chi connectivity index (χ3n) is 3.71. The molecule has 122 valence electrons. The molecule has 0 fully saturated rings. The normalized spacial score (nSPS) is 15.0. The van der Waals surface area contributed by atoms with E-state index in [0.29, 0.717) is 10.6 Å². The SMILES string of the molecule is CCS(=O)(=O)CC(=O)Nc1sc2c(c1C(N)=O)CCCCC2. The summed E-state index contributed by atoms with van der Waals surface area (Å²) < 4.78 is 23.0. The number of carbonyl (C=O) groups excluding carboxylic acids is 2. The summed E-state index contributed by atoms with van der Waals surface area (Å²) in [5, 5.41) is 2.94. The second-order valence-electron chi connectivity index (χ2n) is 5.36. The number of thiophene rings is 1. The van der Waals surface area contributed by atoms with E-state index in [0.717, 1.165) is 42.5 Å². The predicted octanol–water partition coefficient (Wildman–Crippen LogP) is 1.49. The molecule has 0 aliphatic heterocycles. The van der Waals surface area contributed by atoms with Gasteiger partial charge in [0, 0.05) is 10.6 Å². The Morgan fingerprint density at radius 1 is 1.23 bits per heavy atom. The zero-order chi connectivity index (χ0) is 16.3. The summed E-state index contributed by atoms with van der Waals surface area (Å²) in [6.07, 6.45) is 4.78. The van der Waals surface area contributed by atoms with Gasteiger partial charge in [-0.25, -0.2) is 8.42 Å². The Labute approximate surface area is 134 Å². The highest BCUT2D eigenvalue weighted by atomic mass is 32.2. The first-order valence-corrected chi connectivity index (χ1v) is 9.92. The molecule has 0 saturated carbocycles. The number of carbonyl (C=O) groups is 2. The van der Waals surface area contributed by atoms with Crippen LogP contribution in [-0.2, 0) is 27.5 Å². The van der Waals surface area contributed by atoms with Crippen LogP contribution in [0.15, 0.2) is 0 Å². The average Bonchev–Trinajstić information content (AvgIpc) is 2.60. The second-order valence-corrected chi connectivity index (χ2v) is 8.82. The number of sulfone groups is 1. The Kier molecular flexibility index (Phi) is 5.23. The molecular weight excluding hydrogens is 324 g/mol. The van der Waals surface area contributed by atoms with Gasteiger partial charge in [0.2, 0.25) is 5.91 Å². The number of aryl methyl sites for hydroxylation is 1. The molecule has 3 N–H and O–H groups in total. The Hall–Kier alpha value is -1.41. The van der Waals surface area contributed by atoms with Crippen LogP contribution in [0.2, 0.25) is 0 Å². The monoisotopic (exact) mass is 344 g/mol. The van der Waals surface area contributed by atoms with Gasteiger partial charge in [0.05, 0.1) is 5.56 Å². The fourth-order valence-electron chi connectivity index (χ4n) is 2.56. The second kappa shape index (κ2) is 6.78. The number of fused-ring (bicyclic) bond motifs is 1. The summed E-state index contributed by atoms with van der Waals surface area (Å²) in [6.45, 7) is 1.49. The lowest BCUT2D eigenvalue weighted by Crippen LogP contribution is -2.25. The fourth-order valence-corrected chi connectivity index (χ4v) is 4.54. The van der Waals surface area contributed by atoms with E-state index >= 15 is 0 Å². The molecule has 2 rings (SSSR count). The van der Waals surface area contributed by atoms with Crippen molar-refractivity contribution in [3.8, 4) is 0 Å². The van der Waals surface area contributed by atoms with Gasteiger partial charge in [-0.15, -0.1) is 11.3 Å². The first kappa shape index (κ1) is 17.0. The van der Waals surface area contributed by atoms with E-state index in [1.165, 1.54) is 18.3 Å². The molecule has 0 saturated heterocycles. The van der Waals surface area contributed by atoms with Crippen molar-refractivity contribution in [3.63, 3.8) is 0 Å². The van der Waals surface area contributed by atoms with Crippen molar-refractivity contribution in [1.29, 1.82) is 0 Å². The van der Waals surface area contributed by atoms with E-state index < -0.39 is 27.4 Å². The van der Waals surface area contributed by atoms with Crippen molar-refractivity contribution in [2.24, 2.45) is 5.73 Å². The first-order valence-electron chi connectivity index (χ1n) is 7.28. The highest BCUT2D eigenvalue weighted by molar-refractivity contribution is 7.92. The Morgan fingerprint density at radius 3 is 2.55 bits per heavy atom. The Morgan fingerprint density at radius 2 is 1.91 bits per heavy atom. The maximum Gasteiger partial charge on any atom is 0.251 e. The van der Waals surface area contributed by atoms with Gasteiger partial charge in [-0.3, -0.25) is 9.59 Å². The third kappa shape index (κ3) is 3.86. The third-order valence-corrected chi connectivity index (χ3v) is 6.50. The van der Waals surface area contributed by atoms with E-state index in [1.807, 2.05) is 0 Å². The number of anilines is 1. The highest BCUT2D eigenvalue weighted by Crippen LogP contribution is 2.37. The quantitative estimate of drug-likeness (QED) is 0.789. The molecule has 0 atom stereocenters. The molecule has 0 unspecified atom stereocenters. The van der Waals surface area contributed by atoms with Crippen LogP contribution in [0.25, 0.3) is 0 Å². The van der Waals surface area contributed by atoms with Crippen LogP contribution >= 0.6 is 11.3 Å². The molecular formula is C14H20N2O4S2. The summed E-state index contributed by atoms with van der Waals surface area (Å²) >= 11 is 1.34. The van der Waals surface area contributed by atoms with Gasteiger partial charge < -0.3 is 11.1 Å². The average molecular weight is 344 g/mol. The molecule has 0 spiro atoms. The molecule has 0 bridgehead atoms. The van der Waals surface area contributed by atoms with Crippen molar-refractivity contribution >= 4 is 38.0 Å². The largest absolute Gasteiger partial charge is 0.365 e. The maximum atomic E-state index is 11.9.